The molecule has 3 nitrogen and oxygen atoms in total. The van der Waals surface area contributed by atoms with Crippen LogP contribution < -0.4 is 0 Å². The Balaban J connectivity index is 2.18. The molecule has 0 aromatic rings. The minimum Gasteiger partial charge on any atom is -0.370 e. The highest BCUT2D eigenvalue weighted by Crippen LogP contribution is 2.29. The second kappa shape index (κ2) is 4.17. The number of epoxide rings is 1. The monoisotopic (exact) mass is 202 g/mol. The first kappa shape index (κ1) is 12.0. The number of hydrogen-bond donors (Lipinski definition) is 0. The van der Waals surface area contributed by atoms with Gasteiger partial charge in [0.15, 0.2) is 0 Å². The van der Waals surface area contributed by atoms with Gasteiger partial charge in [-0.05, 0) is 25.7 Å². The van der Waals surface area contributed by atoms with E-state index in [-0.39, 0.29) is 17.1 Å². The first-order chi connectivity index (χ1) is 6.29. The van der Waals surface area contributed by atoms with Crippen LogP contribution >= 0.6 is 0 Å². The summed E-state index contributed by atoms with van der Waals surface area (Å²) in [5, 5.41) is 0. The van der Waals surface area contributed by atoms with Crippen LogP contribution in [0.5, 0.6) is 0 Å². The highest BCUT2D eigenvalue weighted by Gasteiger charge is 2.29. The molecule has 0 bridgehead atoms. The summed E-state index contributed by atoms with van der Waals surface area (Å²) in [4.78, 5) is 10.5. The molecule has 1 heterocycles. The molecule has 1 atom stereocenters. The van der Waals surface area contributed by atoms with E-state index < -0.39 is 0 Å². The molecule has 1 fully saturated rings. The third kappa shape index (κ3) is 5.58. The van der Waals surface area contributed by atoms with Gasteiger partial charge in [0, 0.05) is 0 Å². The van der Waals surface area contributed by atoms with E-state index in [0.29, 0.717) is 6.61 Å². The van der Waals surface area contributed by atoms with Crippen molar-refractivity contribution in [3.63, 3.8) is 0 Å². The van der Waals surface area contributed by atoms with Gasteiger partial charge in [0.1, 0.15) is 12.7 Å². The van der Waals surface area contributed by atoms with Crippen LogP contribution in [0.4, 0.5) is 0 Å². The summed E-state index contributed by atoms with van der Waals surface area (Å²) in [6, 6.07) is 0. The highest BCUT2D eigenvalue weighted by atomic mass is 17.2. The fourth-order valence-electron chi connectivity index (χ4n) is 1.74. The Morgan fingerprint density at radius 2 is 1.79 bits per heavy atom. The summed E-state index contributed by atoms with van der Waals surface area (Å²) in [7, 11) is 0. The van der Waals surface area contributed by atoms with Crippen LogP contribution in [0, 0.1) is 5.41 Å². The lowest BCUT2D eigenvalue weighted by Gasteiger charge is -2.30. The summed E-state index contributed by atoms with van der Waals surface area (Å²) in [6.45, 7) is 12.0. The maximum atomic E-state index is 5.38. The maximum absolute atomic E-state index is 5.38. The molecular formula is C11H22O3. The average molecular weight is 202 g/mol. The lowest BCUT2D eigenvalue weighted by atomic mass is 9.84. The Morgan fingerprint density at radius 3 is 2.21 bits per heavy atom. The van der Waals surface area contributed by atoms with Crippen molar-refractivity contribution >= 4 is 0 Å². The van der Waals surface area contributed by atoms with Gasteiger partial charge in [-0.2, -0.15) is 0 Å². The molecule has 1 rings (SSSR count). The first-order valence-electron chi connectivity index (χ1n) is 5.21. The average Bonchev–Trinajstić information content (AvgIpc) is 2.64. The predicted octanol–water partition coefficient (Wildman–Crippen LogP) is 2.55. The Kier molecular flexibility index (Phi) is 3.56. The number of hydrogen-bond acceptors (Lipinski definition) is 3. The van der Waals surface area contributed by atoms with Gasteiger partial charge in [-0.1, -0.05) is 20.8 Å². The normalized spacial score (nSPS) is 22.5. The van der Waals surface area contributed by atoms with Crippen LogP contribution in [-0.4, -0.2) is 24.9 Å². The van der Waals surface area contributed by atoms with E-state index in [1.54, 1.807) is 0 Å². The first-order valence-corrected chi connectivity index (χ1v) is 5.21. The molecule has 0 amide bonds. The van der Waals surface area contributed by atoms with Crippen LogP contribution in [0.2, 0.25) is 0 Å². The van der Waals surface area contributed by atoms with Crippen LogP contribution in [0.1, 0.15) is 41.0 Å². The third-order valence-corrected chi connectivity index (χ3v) is 1.90. The van der Waals surface area contributed by atoms with Crippen molar-refractivity contribution in [1.29, 1.82) is 0 Å². The van der Waals surface area contributed by atoms with Gasteiger partial charge in [0.2, 0.25) is 0 Å². The van der Waals surface area contributed by atoms with Crippen molar-refractivity contribution < 1.29 is 14.5 Å². The van der Waals surface area contributed by atoms with Crippen LogP contribution in [0.15, 0.2) is 0 Å². The summed E-state index contributed by atoms with van der Waals surface area (Å²) >= 11 is 0. The van der Waals surface area contributed by atoms with E-state index in [9.17, 15) is 0 Å². The van der Waals surface area contributed by atoms with Gasteiger partial charge in [0.25, 0.3) is 0 Å². The predicted molar refractivity (Wildman–Crippen MR) is 54.9 cm³/mol. The molecule has 0 aromatic carbocycles. The van der Waals surface area contributed by atoms with E-state index in [0.717, 1.165) is 13.0 Å². The molecule has 1 unspecified atom stereocenters. The zero-order valence-electron chi connectivity index (χ0n) is 9.92. The smallest absolute Gasteiger partial charge is 0.111 e. The van der Waals surface area contributed by atoms with Crippen LogP contribution in [0.25, 0.3) is 0 Å². The van der Waals surface area contributed by atoms with Crippen molar-refractivity contribution in [3.05, 3.63) is 0 Å². The minimum atomic E-state index is -0.229. The third-order valence-electron chi connectivity index (χ3n) is 1.90. The maximum Gasteiger partial charge on any atom is 0.111 e. The molecule has 14 heavy (non-hydrogen) atoms. The summed E-state index contributed by atoms with van der Waals surface area (Å²) < 4.78 is 5.02. The zero-order valence-corrected chi connectivity index (χ0v) is 9.92. The standard InChI is InChI=1S/C11H22O3/c1-10(2,3)8-11(4,5)14-13-7-9-6-12-9/h9H,6-8H2,1-5H3. The minimum absolute atomic E-state index is 0.229. The van der Waals surface area contributed by atoms with Gasteiger partial charge in [0.05, 0.1) is 12.2 Å². The van der Waals surface area contributed by atoms with Crippen molar-refractivity contribution in [2.24, 2.45) is 5.41 Å². The largest absolute Gasteiger partial charge is 0.370 e. The lowest BCUT2D eigenvalue weighted by Crippen LogP contribution is -2.30. The van der Waals surface area contributed by atoms with Crippen LogP contribution in [-0.2, 0) is 14.5 Å². The molecule has 0 aromatic heterocycles. The van der Waals surface area contributed by atoms with E-state index in [1.165, 1.54) is 0 Å². The van der Waals surface area contributed by atoms with Gasteiger partial charge in [-0.3, -0.25) is 0 Å². The Hall–Kier alpha value is -0.120. The molecule has 1 aliphatic rings. The molecule has 1 aliphatic heterocycles. The van der Waals surface area contributed by atoms with E-state index in [2.05, 4.69) is 20.8 Å². The van der Waals surface area contributed by atoms with Crippen molar-refractivity contribution in [3.8, 4) is 0 Å². The topological polar surface area (TPSA) is 31.0 Å². The SMILES string of the molecule is CC(C)(C)CC(C)(C)OOCC1CO1. The molecule has 3 heteroatoms. The molecule has 0 N–H and O–H groups in total. The summed E-state index contributed by atoms with van der Waals surface area (Å²) in [5.41, 5.74) is 0.0239. The van der Waals surface area contributed by atoms with E-state index >= 15 is 0 Å². The van der Waals surface area contributed by atoms with E-state index in [1.807, 2.05) is 13.8 Å². The summed E-state index contributed by atoms with van der Waals surface area (Å²) in [5.74, 6) is 0. The Labute approximate surface area is 86.7 Å². The van der Waals surface area contributed by atoms with Crippen molar-refractivity contribution in [1.82, 2.24) is 0 Å². The number of rotatable bonds is 5. The zero-order chi connectivity index (χ0) is 10.8. The molecule has 0 aliphatic carbocycles. The Bertz CT molecular complexity index is 177. The number of ether oxygens (including phenoxy) is 1. The molecule has 0 radical (unpaired) electrons. The highest BCUT2D eigenvalue weighted by molar-refractivity contribution is 4.75. The van der Waals surface area contributed by atoms with Crippen molar-refractivity contribution in [2.45, 2.75) is 52.7 Å². The summed E-state index contributed by atoms with van der Waals surface area (Å²) in [6.07, 6.45) is 1.23. The molecule has 1 saturated heterocycles. The second-order valence-electron chi connectivity index (χ2n) is 5.82. The quantitative estimate of drug-likeness (QED) is 0.390. The fraction of sp³-hybridized carbons (Fsp3) is 1.00. The fourth-order valence-corrected chi connectivity index (χ4v) is 1.74. The van der Waals surface area contributed by atoms with Gasteiger partial charge in [-0.25, -0.2) is 9.78 Å². The molecule has 0 spiro atoms. The van der Waals surface area contributed by atoms with Crippen molar-refractivity contribution in [2.75, 3.05) is 13.2 Å². The van der Waals surface area contributed by atoms with E-state index in [4.69, 9.17) is 14.5 Å². The molecule has 84 valence electrons. The van der Waals surface area contributed by atoms with Gasteiger partial charge in [-0.15, -0.1) is 0 Å². The van der Waals surface area contributed by atoms with Gasteiger partial charge < -0.3 is 4.74 Å². The lowest BCUT2D eigenvalue weighted by molar-refractivity contribution is -0.358. The molecule has 0 saturated carbocycles. The Morgan fingerprint density at radius 1 is 1.21 bits per heavy atom. The molecular weight excluding hydrogens is 180 g/mol. The second-order valence-corrected chi connectivity index (χ2v) is 5.82. The van der Waals surface area contributed by atoms with Gasteiger partial charge >= 0.3 is 0 Å². The van der Waals surface area contributed by atoms with Crippen LogP contribution in [0.3, 0.4) is 0 Å².